The Morgan fingerprint density at radius 2 is 2.10 bits per heavy atom. The van der Waals surface area contributed by atoms with Crippen LogP contribution in [0.5, 0.6) is 0 Å². The Hall–Kier alpha value is -0.780. The van der Waals surface area contributed by atoms with Gasteiger partial charge < -0.3 is 0 Å². The number of rotatable bonds is 5. The quantitative estimate of drug-likeness (QED) is 0.507. The molecule has 0 aliphatic heterocycles. The highest BCUT2D eigenvalue weighted by Crippen LogP contribution is 2.09. The molecule has 0 nitrogen and oxygen atoms in total. The third-order valence-electron chi connectivity index (χ3n) is 1.36. The summed E-state index contributed by atoms with van der Waals surface area (Å²) in [5.41, 5.74) is 2.10. The second kappa shape index (κ2) is 5.04. The number of hydrogen-bond donors (Lipinski definition) is 0. The fourth-order valence-electron chi connectivity index (χ4n) is 0.696. The van der Waals surface area contributed by atoms with Crippen molar-refractivity contribution in [3.05, 3.63) is 37.0 Å². The molecule has 0 aliphatic carbocycles. The maximum absolute atomic E-state index is 5.48. The lowest BCUT2D eigenvalue weighted by Crippen LogP contribution is -1.78. The SMILES string of the molecule is [CH]=C(C)CCCC(=C)C=C. The molecule has 0 unspecified atom stereocenters. The summed E-state index contributed by atoms with van der Waals surface area (Å²) in [6.07, 6.45) is 4.89. The van der Waals surface area contributed by atoms with E-state index in [1.54, 1.807) is 6.08 Å². The standard InChI is InChI=1S/C10H15/c1-5-10(4)8-6-7-9(2)3/h2,5H,1,4,6-8H2,3H3. The molecule has 0 fully saturated rings. The molecule has 0 bridgehead atoms. The van der Waals surface area contributed by atoms with Gasteiger partial charge in [0.1, 0.15) is 0 Å². The van der Waals surface area contributed by atoms with Crippen molar-refractivity contribution < 1.29 is 0 Å². The minimum absolute atomic E-state index is 0.993. The molecule has 10 heavy (non-hydrogen) atoms. The molecule has 0 spiro atoms. The maximum atomic E-state index is 5.48. The molecule has 0 aromatic carbocycles. The zero-order valence-corrected chi connectivity index (χ0v) is 6.69. The van der Waals surface area contributed by atoms with Crippen molar-refractivity contribution in [3.8, 4) is 0 Å². The topological polar surface area (TPSA) is 0 Å². The highest BCUT2D eigenvalue weighted by atomic mass is 13.9. The molecule has 0 aromatic rings. The molecule has 0 rings (SSSR count). The highest BCUT2D eigenvalue weighted by Gasteiger charge is 1.89. The van der Waals surface area contributed by atoms with Crippen molar-refractivity contribution in [1.29, 1.82) is 0 Å². The summed E-state index contributed by atoms with van der Waals surface area (Å²) < 4.78 is 0. The van der Waals surface area contributed by atoms with Crippen LogP contribution in [-0.2, 0) is 0 Å². The third kappa shape index (κ3) is 5.36. The van der Waals surface area contributed by atoms with Gasteiger partial charge in [0.25, 0.3) is 0 Å². The lowest BCUT2D eigenvalue weighted by atomic mass is 10.1. The predicted octanol–water partition coefficient (Wildman–Crippen LogP) is 3.28. The second-order valence-corrected chi connectivity index (χ2v) is 2.56. The van der Waals surface area contributed by atoms with Gasteiger partial charge in [-0.15, -0.1) is 0 Å². The van der Waals surface area contributed by atoms with Gasteiger partial charge in [-0.25, -0.2) is 0 Å². The largest absolute Gasteiger partial charge is 0.0988 e. The fourth-order valence-corrected chi connectivity index (χ4v) is 0.696. The monoisotopic (exact) mass is 135 g/mol. The molecule has 0 aromatic heterocycles. The summed E-state index contributed by atoms with van der Waals surface area (Å²) in [7, 11) is 0. The Morgan fingerprint density at radius 3 is 2.50 bits per heavy atom. The summed E-state index contributed by atoms with van der Waals surface area (Å²) in [5.74, 6) is 0. The van der Waals surface area contributed by atoms with Gasteiger partial charge in [0.2, 0.25) is 0 Å². The zero-order valence-electron chi connectivity index (χ0n) is 6.69. The van der Waals surface area contributed by atoms with Crippen LogP contribution in [0.2, 0.25) is 0 Å². The van der Waals surface area contributed by atoms with Gasteiger partial charge in [-0.3, -0.25) is 0 Å². The van der Waals surface area contributed by atoms with E-state index in [4.69, 9.17) is 6.58 Å². The van der Waals surface area contributed by atoms with E-state index < -0.39 is 0 Å². The van der Waals surface area contributed by atoms with Crippen molar-refractivity contribution in [3.63, 3.8) is 0 Å². The summed E-state index contributed by atoms with van der Waals surface area (Å²) in [4.78, 5) is 0. The second-order valence-electron chi connectivity index (χ2n) is 2.56. The first-order chi connectivity index (χ1) is 4.66. The first-order valence-corrected chi connectivity index (χ1v) is 3.55. The summed E-state index contributed by atoms with van der Waals surface area (Å²) >= 11 is 0. The minimum atomic E-state index is 0.993. The summed E-state index contributed by atoms with van der Waals surface area (Å²) in [6.45, 7) is 14.8. The van der Waals surface area contributed by atoms with Gasteiger partial charge in [0, 0.05) is 0 Å². The Bertz CT molecular complexity index is 140. The smallest absolute Gasteiger partial charge is 0.0282 e. The molecule has 0 aliphatic rings. The van der Waals surface area contributed by atoms with Crippen molar-refractivity contribution in [1.82, 2.24) is 0 Å². The van der Waals surface area contributed by atoms with Crippen LogP contribution in [0.25, 0.3) is 0 Å². The Kier molecular flexibility index (Phi) is 4.65. The van der Waals surface area contributed by atoms with Gasteiger partial charge in [-0.1, -0.05) is 37.0 Å². The van der Waals surface area contributed by atoms with Crippen LogP contribution in [0, 0.1) is 6.58 Å². The van der Waals surface area contributed by atoms with E-state index in [1.165, 1.54) is 0 Å². The highest BCUT2D eigenvalue weighted by molar-refractivity contribution is 5.10. The van der Waals surface area contributed by atoms with Crippen LogP contribution in [0.1, 0.15) is 26.2 Å². The molecule has 0 N–H and O–H groups in total. The van der Waals surface area contributed by atoms with Gasteiger partial charge in [-0.05, 0) is 26.2 Å². The van der Waals surface area contributed by atoms with Gasteiger partial charge in [0.05, 0.1) is 0 Å². The van der Waals surface area contributed by atoms with Crippen LogP contribution in [0.15, 0.2) is 30.4 Å². The normalized spacial score (nSPS) is 8.90. The molecule has 1 radical (unpaired) electrons. The van der Waals surface area contributed by atoms with E-state index in [1.807, 2.05) is 6.92 Å². The number of hydrogen-bond acceptors (Lipinski definition) is 0. The summed E-state index contributed by atoms with van der Waals surface area (Å²) in [6, 6.07) is 0. The van der Waals surface area contributed by atoms with Crippen molar-refractivity contribution in [2.45, 2.75) is 26.2 Å². The molecule has 0 atom stereocenters. The molecule has 0 saturated carbocycles. The average molecular weight is 135 g/mol. The Morgan fingerprint density at radius 1 is 1.50 bits per heavy atom. The molecular weight excluding hydrogens is 120 g/mol. The summed E-state index contributed by atoms with van der Waals surface area (Å²) in [5, 5.41) is 0. The maximum Gasteiger partial charge on any atom is -0.0282 e. The zero-order chi connectivity index (χ0) is 7.98. The molecule has 0 heterocycles. The molecule has 55 valence electrons. The van der Waals surface area contributed by atoms with Crippen molar-refractivity contribution >= 4 is 0 Å². The van der Waals surface area contributed by atoms with Crippen LogP contribution in [0.4, 0.5) is 0 Å². The molecule has 0 amide bonds. The lowest BCUT2D eigenvalue weighted by Gasteiger charge is -1.98. The van der Waals surface area contributed by atoms with E-state index in [-0.39, 0.29) is 0 Å². The van der Waals surface area contributed by atoms with E-state index in [9.17, 15) is 0 Å². The lowest BCUT2D eigenvalue weighted by molar-refractivity contribution is 0.817. The van der Waals surface area contributed by atoms with Gasteiger partial charge in [0.15, 0.2) is 0 Å². The van der Waals surface area contributed by atoms with E-state index >= 15 is 0 Å². The first-order valence-electron chi connectivity index (χ1n) is 3.55. The van der Waals surface area contributed by atoms with Crippen molar-refractivity contribution in [2.24, 2.45) is 0 Å². The van der Waals surface area contributed by atoms with E-state index in [0.717, 1.165) is 30.4 Å². The van der Waals surface area contributed by atoms with Crippen LogP contribution >= 0.6 is 0 Å². The molecular formula is C10H15. The Labute approximate surface area is 64.0 Å². The minimum Gasteiger partial charge on any atom is -0.0988 e. The van der Waals surface area contributed by atoms with Crippen LogP contribution < -0.4 is 0 Å². The van der Waals surface area contributed by atoms with Gasteiger partial charge in [-0.2, -0.15) is 0 Å². The average Bonchev–Trinajstić information content (AvgIpc) is 1.87. The van der Waals surface area contributed by atoms with E-state index in [0.29, 0.717) is 0 Å². The fraction of sp³-hybridized carbons (Fsp3) is 0.400. The third-order valence-corrected chi connectivity index (χ3v) is 1.36. The van der Waals surface area contributed by atoms with Crippen LogP contribution in [0.3, 0.4) is 0 Å². The van der Waals surface area contributed by atoms with Crippen molar-refractivity contribution in [2.75, 3.05) is 0 Å². The van der Waals surface area contributed by atoms with Crippen LogP contribution in [-0.4, -0.2) is 0 Å². The number of allylic oxidation sites excluding steroid dienone is 3. The molecule has 0 saturated heterocycles. The van der Waals surface area contributed by atoms with Gasteiger partial charge >= 0.3 is 0 Å². The molecule has 0 heteroatoms. The first kappa shape index (κ1) is 9.22. The predicted molar refractivity (Wildman–Crippen MR) is 46.7 cm³/mol. The Balaban J connectivity index is 3.28. The van der Waals surface area contributed by atoms with E-state index in [2.05, 4.69) is 13.2 Å².